The van der Waals surface area contributed by atoms with Crippen molar-refractivity contribution in [3.05, 3.63) is 0 Å². The number of rotatable bonds is 1. The quantitative estimate of drug-likeness (QED) is 0.508. The molecule has 0 rings (SSSR count). The zero-order valence-corrected chi connectivity index (χ0v) is 4.93. The zero-order chi connectivity index (χ0) is 6.57. The number of hydrogen-bond acceptors (Lipinski definition) is 1. The lowest BCUT2D eigenvalue weighted by atomic mass is 10.2. The second-order valence-electron chi connectivity index (χ2n) is 1.45. The van der Waals surface area contributed by atoms with Gasteiger partial charge in [-0.2, -0.15) is 0 Å². The van der Waals surface area contributed by atoms with E-state index in [2.05, 4.69) is 11.8 Å². The molecule has 1 atom stereocenters. The number of carbonyl (C=O) groups is 1. The van der Waals surface area contributed by atoms with E-state index in [-0.39, 0.29) is 0 Å². The smallest absolute Gasteiger partial charge is 0.318 e. The van der Waals surface area contributed by atoms with Crippen LogP contribution in [-0.4, -0.2) is 11.1 Å². The van der Waals surface area contributed by atoms with E-state index in [1.807, 2.05) is 0 Å². The van der Waals surface area contributed by atoms with Gasteiger partial charge in [0.1, 0.15) is 5.92 Å². The van der Waals surface area contributed by atoms with E-state index in [4.69, 9.17) is 5.11 Å². The summed E-state index contributed by atoms with van der Waals surface area (Å²) >= 11 is 0. The van der Waals surface area contributed by atoms with Crippen LogP contribution >= 0.6 is 0 Å². The van der Waals surface area contributed by atoms with Crippen LogP contribution in [0.25, 0.3) is 0 Å². The van der Waals surface area contributed by atoms with Gasteiger partial charge in [0, 0.05) is 0 Å². The van der Waals surface area contributed by atoms with Crippen molar-refractivity contribution in [2.24, 2.45) is 5.92 Å². The minimum absolute atomic E-state index is 0.528. The van der Waals surface area contributed by atoms with Crippen molar-refractivity contribution < 1.29 is 9.90 Å². The molecule has 0 radical (unpaired) electrons. The molecule has 0 heterocycles. The minimum Gasteiger partial charge on any atom is -0.480 e. The zero-order valence-electron chi connectivity index (χ0n) is 4.93. The highest BCUT2D eigenvalue weighted by atomic mass is 16.4. The van der Waals surface area contributed by atoms with Gasteiger partial charge in [-0.25, -0.2) is 0 Å². The molecule has 0 saturated heterocycles. The topological polar surface area (TPSA) is 37.3 Å². The van der Waals surface area contributed by atoms with Crippen LogP contribution in [0.5, 0.6) is 0 Å². The lowest BCUT2D eigenvalue weighted by molar-refractivity contribution is -0.139. The van der Waals surface area contributed by atoms with Gasteiger partial charge < -0.3 is 5.11 Å². The van der Waals surface area contributed by atoms with Crippen LogP contribution in [0.15, 0.2) is 0 Å². The van der Waals surface area contributed by atoms with Gasteiger partial charge in [0.2, 0.25) is 0 Å². The number of carboxylic acid groups (broad SMARTS) is 1. The average molecular weight is 112 g/mol. The minimum atomic E-state index is -0.862. The standard InChI is InChI=1S/C6H8O2/c1-3-4-5(2)6(7)8/h5H,1-2H3,(H,7,8)/t5-/m1/s1. The van der Waals surface area contributed by atoms with Gasteiger partial charge in [-0.1, -0.05) is 5.92 Å². The van der Waals surface area contributed by atoms with Gasteiger partial charge in [-0.05, 0) is 13.8 Å². The summed E-state index contributed by atoms with van der Waals surface area (Å²) in [5, 5.41) is 8.21. The summed E-state index contributed by atoms with van der Waals surface area (Å²) < 4.78 is 0. The van der Waals surface area contributed by atoms with E-state index >= 15 is 0 Å². The fraction of sp³-hybridized carbons (Fsp3) is 0.500. The summed E-state index contributed by atoms with van der Waals surface area (Å²) in [6, 6.07) is 0. The van der Waals surface area contributed by atoms with Gasteiger partial charge in [-0.15, -0.1) is 5.92 Å². The Balaban J connectivity index is 3.77. The van der Waals surface area contributed by atoms with Gasteiger partial charge in [0.05, 0.1) is 0 Å². The molecule has 0 aliphatic heterocycles. The van der Waals surface area contributed by atoms with Crippen molar-refractivity contribution in [2.75, 3.05) is 0 Å². The molecule has 0 aliphatic rings. The Morgan fingerprint density at radius 1 is 1.75 bits per heavy atom. The fourth-order valence-electron chi connectivity index (χ4n) is 0.278. The molecule has 0 saturated carbocycles. The van der Waals surface area contributed by atoms with Gasteiger partial charge in [0.15, 0.2) is 0 Å². The van der Waals surface area contributed by atoms with Gasteiger partial charge >= 0.3 is 5.97 Å². The fourth-order valence-corrected chi connectivity index (χ4v) is 0.278. The summed E-state index contributed by atoms with van der Waals surface area (Å²) in [6.45, 7) is 3.18. The second kappa shape index (κ2) is 3.09. The molecule has 0 aromatic heterocycles. The first kappa shape index (κ1) is 7.03. The Labute approximate surface area is 48.5 Å². The van der Waals surface area contributed by atoms with E-state index in [0.717, 1.165) is 0 Å². The largest absolute Gasteiger partial charge is 0.480 e. The molecule has 44 valence electrons. The van der Waals surface area contributed by atoms with Crippen molar-refractivity contribution >= 4 is 5.97 Å². The highest BCUT2D eigenvalue weighted by Crippen LogP contribution is 1.88. The Hall–Kier alpha value is -0.970. The number of aliphatic carboxylic acids is 1. The van der Waals surface area contributed by atoms with E-state index in [0.29, 0.717) is 0 Å². The predicted octanol–water partition coefficient (Wildman–Crippen LogP) is 0.730. The first-order valence-corrected chi connectivity index (χ1v) is 2.33. The molecule has 1 N–H and O–H groups in total. The van der Waals surface area contributed by atoms with E-state index in [1.165, 1.54) is 0 Å². The third kappa shape index (κ3) is 2.25. The molecule has 0 fully saturated rings. The molecule has 0 amide bonds. The second-order valence-corrected chi connectivity index (χ2v) is 1.45. The molecular weight excluding hydrogens is 104 g/mol. The van der Waals surface area contributed by atoms with Crippen molar-refractivity contribution in [3.8, 4) is 11.8 Å². The SMILES string of the molecule is CC#C[C@@H](C)C(=O)O. The lowest BCUT2D eigenvalue weighted by Gasteiger charge is -1.90. The van der Waals surface area contributed by atoms with Gasteiger partial charge in [0.25, 0.3) is 0 Å². The van der Waals surface area contributed by atoms with Crippen molar-refractivity contribution in [2.45, 2.75) is 13.8 Å². The van der Waals surface area contributed by atoms with Crippen LogP contribution in [0.4, 0.5) is 0 Å². The monoisotopic (exact) mass is 112 g/mol. The molecular formula is C6H8O2. The lowest BCUT2D eigenvalue weighted by Crippen LogP contribution is -2.05. The third-order valence-corrected chi connectivity index (χ3v) is 0.731. The van der Waals surface area contributed by atoms with Gasteiger partial charge in [-0.3, -0.25) is 4.79 Å². The first-order valence-electron chi connectivity index (χ1n) is 2.33. The van der Waals surface area contributed by atoms with Crippen LogP contribution in [0.1, 0.15) is 13.8 Å². The van der Waals surface area contributed by atoms with E-state index in [1.54, 1.807) is 13.8 Å². The first-order chi connectivity index (χ1) is 3.68. The molecule has 2 nitrogen and oxygen atoms in total. The third-order valence-electron chi connectivity index (χ3n) is 0.731. The highest BCUT2D eigenvalue weighted by Gasteiger charge is 2.03. The summed E-state index contributed by atoms with van der Waals surface area (Å²) in [5.41, 5.74) is 0. The molecule has 0 aromatic carbocycles. The van der Waals surface area contributed by atoms with Crippen molar-refractivity contribution in [1.82, 2.24) is 0 Å². The number of carboxylic acids is 1. The highest BCUT2D eigenvalue weighted by molar-refractivity contribution is 5.72. The Morgan fingerprint density at radius 3 is 2.38 bits per heavy atom. The van der Waals surface area contributed by atoms with Crippen molar-refractivity contribution in [1.29, 1.82) is 0 Å². The maximum absolute atomic E-state index is 9.99. The summed E-state index contributed by atoms with van der Waals surface area (Å²) in [5.74, 6) is 3.62. The van der Waals surface area contributed by atoms with E-state index in [9.17, 15) is 4.79 Å². The molecule has 0 bridgehead atoms. The summed E-state index contributed by atoms with van der Waals surface area (Å²) in [7, 11) is 0. The Morgan fingerprint density at radius 2 is 2.25 bits per heavy atom. The van der Waals surface area contributed by atoms with Crippen LogP contribution in [0.3, 0.4) is 0 Å². The molecule has 0 spiro atoms. The predicted molar refractivity (Wildman–Crippen MR) is 30.2 cm³/mol. The van der Waals surface area contributed by atoms with Crippen LogP contribution in [0, 0.1) is 17.8 Å². The Kier molecular flexibility index (Phi) is 2.71. The van der Waals surface area contributed by atoms with Crippen molar-refractivity contribution in [3.63, 3.8) is 0 Å². The van der Waals surface area contributed by atoms with Crippen LogP contribution in [0.2, 0.25) is 0 Å². The summed E-state index contributed by atoms with van der Waals surface area (Å²) in [6.07, 6.45) is 0. The van der Waals surface area contributed by atoms with Crippen LogP contribution < -0.4 is 0 Å². The maximum Gasteiger partial charge on any atom is 0.318 e. The molecule has 8 heavy (non-hydrogen) atoms. The molecule has 0 aromatic rings. The average Bonchev–Trinajstić information content (AvgIpc) is 1.67. The normalized spacial score (nSPS) is 11.2. The van der Waals surface area contributed by atoms with E-state index < -0.39 is 11.9 Å². The van der Waals surface area contributed by atoms with Crippen LogP contribution in [-0.2, 0) is 4.79 Å². The molecule has 0 aliphatic carbocycles. The molecule has 0 unspecified atom stereocenters. The maximum atomic E-state index is 9.99. The summed E-state index contributed by atoms with van der Waals surface area (Å²) in [4.78, 5) is 9.99. The number of hydrogen-bond donors (Lipinski definition) is 1. The molecule has 2 heteroatoms. The Bertz CT molecular complexity index is 138.